The fraction of sp³-hybridized carbons (Fsp3) is 0.812. The average molecular weight is 293 g/mol. The molecule has 2 aliphatic rings. The van der Waals surface area contributed by atoms with Crippen molar-refractivity contribution in [1.82, 2.24) is 10.3 Å². The zero-order valence-electron chi connectivity index (χ0n) is 13.0. The molecule has 0 radical (unpaired) electrons. The van der Waals surface area contributed by atoms with Gasteiger partial charge in [0.05, 0.1) is 11.7 Å². The van der Waals surface area contributed by atoms with Crippen LogP contribution in [0.25, 0.3) is 0 Å². The molecule has 1 aliphatic carbocycles. The third-order valence-corrected chi connectivity index (χ3v) is 6.02. The highest BCUT2D eigenvalue weighted by molar-refractivity contribution is 7.15. The Morgan fingerprint density at radius 1 is 1.30 bits per heavy atom. The van der Waals surface area contributed by atoms with E-state index in [0.29, 0.717) is 18.1 Å². The maximum absolute atomic E-state index is 5.06. The van der Waals surface area contributed by atoms with E-state index in [1.807, 2.05) is 11.3 Å². The largest absolute Gasteiger partial charge is 0.342 e. The number of hydrogen-bond acceptors (Lipinski definition) is 4. The molecule has 2 heterocycles. The summed E-state index contributed by atoms with van der Waals surface area (Å²) in [5, 5.41) is 4.90. The first-order chi connectivity index (χ1) is 9.74. The van der Waals surface area contributed by atoms with Gasteiger partial charge in [0, 0.05) is 17.0 Å². The van der Waals surface area contributed by atoms with E-state index in [1.165, 1.54) is 54.2 Å². The van der Waals surface area contributed by atoms with Gasteiger partial charge < -0.3 is 10.2 Å². The topological polar surface area (TPSA) is 28.2 Å². The predicted octanol–water partition coefficient (Wildman–Crippen LogP) is 3.90. The van der Waals surface area contributed by atoms with Crippen LogP contribution >= 0.6 is 11.3 Å². The zero-order chi connectivity index (χ0) is 14.1. The van der Waals surface area contributed by atoms with Gasteiger partial charge in [-0.3, -0.25) is 0 Å². The van der Waals surface area contributed by atoms with Crippen molar-refractivity contribution in [3.63, 3.8) is 0 Å². The van der Waals surface area contributed by atoms with E-state index in [4.69, 9.17) is 4.98 Å². The summed E-state index contributed by atoms with van der Waals surface area (Å²) in [5.74, 6) is 0. The van der Waals surface area contributed by atoms with Gasteiger partial charge in [0.15, 0.2) is 5.13 Å². The van der Waals surface area contributed by atoms with Crippen LogP contribution in [0.2, 0.25) is 0 Å². The first-order valence-electron chi connectivity index (χ1n) is 8.25. The standard InChI is InChI=1S/C16H27N3S/c1-4-12-10-9-11(3)19(12)16-18-15-13(17-5-2)7-6-8-14(15)20-16/h11-13,17H,4-10H2,1-3H3. The number of rotatable bonds is 4. The minimum Gasteiger partial charge on any atom is -0.342 e. The molecule has 4 heteroatoms. The molecule has 1 saturated heterocycles. The van der Waals surface area contributed by atoms with E-state index in [9.17, 15) is 0 Å². The molecule has 0 bridgehead atoms. The number of aryl methyl sites for hydroxylation is 1. The van der Waals surface area contributed by atoms with Gasteiger partial charge in [-0.15, -0.1) is 11.3 Å². The second-order valence-corrected chi connectivity index (χ2v) is 7.27. The van der Waals surface area contributed by atoms with Crippen LogP contribution in [-0.2, 0) is 6.42 Å². The normalized spacial score (nSPS) is 29.8. The Balaban J connectivity index is 1.88. The van der Waals surface area contributed by atoms with Crippen molar-refractivity contribution in [2.24, 2.45) is 0 Å². The number of nitrogens with zero attached hydrogens (tertiary/aromatic N) is 2. The maximum atomic E-state index is 5.06. The first-order valence-corrected chi connectivity index (χ1v) is 9.07. The Hall–Kier alpha value is -0.610. The molecule has 1 aromatic heterocycles. The lowest BCUT2D eigenvalue weighted by molar-refractivity contribution is 0.465. The molecule has 1 N–H and O–H groups in total. The van der Waals surface area contributed by atoms with E-state index >= 15 is 0 Å². The van der Waals surface area contributed by atoms with Crippen LogP contribution in [0.1, 0.15) is 69.5 Å². The molecule has 1 aromatic rings. The fourth-order valence-corrected chi connectivity index (χ4v) is 5.12. The van der Waals surface area contributed by atoms with Gasteiger partial charge in [-0.1, -0.05) is 13.8 Å². The molecule has 3 unspecified atom stereocenters. The minimum absolute atomic E-state index is 0.492. The molecule has 0 amide bonds. The second kappa shape index (κ2) is 6.02. The lowest BCUT2D eigenvalue weighted by atomic mass is 9.98. The molecule has 20 heavy (non-hydrogen) atoms. The van der Waals surface area contributed by atoms with Gasteiger partial charge in [0.1, 0.15) is 0 Å². The summed E-state index contributed by atoms with van der Waals surface area (Å²) in [4.78, 5) is 9.20. The Morgan fingerprint density at radius 3 is 2.90 bits per heavy atom. The van der Waals surface area contributed by atoms with Crippen molar-refractivity contribution in [2.75, 3.05) is 11.4 Å². The maximum Gasteiger partial charge on any atom is 0.186 e. The zero-order valence-corrected chi connectivity index (χ0v) is 13.8. The van der Waals surface area contributed by atoms with Crippen molar-refractivity contribution in [3.05, 3.63) is 10.6 Å². The Bertz CT molecular complexity index is 457. The predicted molar refractivity (Wildman–Crippen MR) is 86.7 cm³/mol. The van der Waals surface area contributed by atoms with Crippen molar-refractivity contribution < 1.29 is 0 Å². The summed E-state index contributed by atoms with van der Waals surface area (Å²) in [6.45, 7) is 7.90. The summed E-state index contributed by atoms with van der Waals surface area (Å²) in [6.07, 6.45) is 7.67. The van der Waals surface area contributed by atoms with Crippen LogP contribution in [0.15, 0.2) is 0 Å². The Morgan fingerprint density at radius 2 is 2.15 bits per heavy atom. The number of hydrogen-bond donors (Lipinski definition) is 1. The fourth-order valence-electron chi connectivity index (χ4n) is 3.78. The quantitative estimate of drug-likeness (QED) is 0.912. The molecule has 3 rings (SSSR count). The molecule has 112 valence electrons. The van der Waals surface area contributed by atoms with E-state index in [2.05, 4.69) is 31.0 Å². The number of anilines is 1. The van der Waals surface area contributed by atoms with E-state index < -0.39 is 0 Å². The second-order valence-electron chi connectivity index (χ2n) is 6.20. The van der Waals surface area contributed by atoms with Gasteiger partial charge in [-0.2, -0.15) is 0 Å². The third kappa shape index (κ3) is 2.48. The summed E-state index contributed by atoms with van der Waals surface area (Å²) in [6, 6.07) is 1.85. The molecular weight excluding hydrogens is 266 g/mol. The molecule has 0 spiro atoms. The summed E-state index contributed by atoms with van der Waals surface area (Å²) < 4.78 is 0. The molecule has 3 nitrogen and oxygen atoms in total. The van der Waals surface area contributed by atoms with Crippen molar-refractivity contribution in [3.8, 4) is 0 Å². The van der Waals surface area contributed by atoms with E-state index in [-0.39, 0.29) is 0 Å². The number of nitrogens with one attached hydrogen (secondary N) is 1. The van der Waals surface area contributed by atoms with E-state index in [0.717, 1.165) is 6.54 Å². The number of aromatic nitrogens is 1. The number of fused-ring (bicyclic) bond motifs is 1. The lowest BCUT2D eigenvalue weighted by Crippen LogP contribution is -2.34. The molecule has 0 saturated carbocycles. The lowest BCUT2D eigenvalue weighted by Gasteiger charge is -2.27. The van der Waals surface area contributed by atoms with Crippen molar-refractivity contribution in [1.29, 1.82) is 0 Å². The Kier molecular flexibility index (Phi) is 4.32. The Labute approximate surface area is 126 Å². The smallest absolute Gasteiger partial charge is 0.186 e. The molecule has 1 fully saturated rings. The van der Waals surface area contributed by atoms with Crippen LogP contribution in [0.4, 0.5) is 5.13 Å². The van der Waals surface area contributed by atoms with Gasteiger partial charge in [0.25, 0.3) is 0 Å². The van der Waals surface area contributed by atoms with Gasteiger partial charge in [-0.25, -0.2) is 4.98 Å². The van der Waals surface area contributed by atoms with Crippen LogP contribution in [0, 0.1) is 0 Å². The summed E-state index contributed by atoms with van der Waals surface area (Å²) >= 11 is 1.96. The highest BCUT2D eigenvalue weighted by Crippen LogP contribution is 2.40. The van der Waals surface area contributed by atoms with Crippen LogP contribution in [0.3, 0.4) is 0 Å². The van der Waals surface area contributed by atoms with Gasteiger partial charge in [0.2, 0.25) is 0 Å². The van der Waals surface area contributed by atoms with Gasteiger partial charge >= 0.3 is 0 Å². The van der Waals surface area contributed by atoms with Gasteiger partial charge in [-0.05, 0) is 52.0 Å². The molecule has 3 atom stereocenters. The molecule has 0 aromatic carbocycles. The van der Waals surface area contributed by atoms with Crippen LogP contribution < -0.4 is 10.2 Å². The third-order valence-electron chi connectivity index (χ3n) is 4.87. The monoisotopic (exact) mass is 293 g/mol. The van der Waals surface area contributed by atoms with Crippen LogP contribution in [-0.4, -0.2) is 23.6 Å². The molecular formula is C16H27N3S. The van der Waals surface area contributed by atoms with Crippen molar-refractivity contribution in [2.45, 2.75) is 77.4 Å². The minimum atomic E-state index is 0.492. The van der Waals surface area contributed by atoms with Crippen LogP contribution in [0.5, 0.6) is 0 Å². The summed E-state index contributed by atoms with van der Waals surface area (Å²) in [7, 11) is 0. The van der Waals surface area contributed by atoms with Crippen molar-refractivity contribution >= 4 is 16.5 Å². The highest BCUT2D eigenvalue weighted by Gasteiger charge is 2.33. The summed E-state index contributed by atoms with van der Waals surface area (Å²) in [5.41, 5.74) is 1.35. The SMILES string of the molecule is CCNC1CCCc2sc(N3C(C)CCC3CC)nc21. The average Bonchev–Trinajstić information content (AvgIpc) is 3.02. The highest BCUT2D eigenvalue weighted by atomic mass is 32.1. The molecule has 1 aliphatic heterocycles. The first kappa shape index (κ1) is 14.3. The van der Waals surface area contributed by atoms with E-state index in [1.54, 1.807) is 0 Å². The number of thiazole rings is 1.